The smallest absolute Gasteiger partial charge is 0.256 e. The summed E-state index contributed by atoms with van der Waals surface area (Å²) < 4.78 is 5.17. The van der Waals surface area contributed by atoms with E-state index in [0.29, 0.717) is 11.4 Å². The Morgan fingerprint density at radius 3 is 2.65 bits per heavy atom. The third kappa shape index (κ3) is 2.90. The van der Waals surface area contributed by atoms with Gasteiger partial charge in [0.2, 0.25) is 5.91 Å². The lowest BCUT2D eigenvalue weighted by Gasteiger charge is -2.18. The Balaban J connectivity index is 1.82. The zero-order valence-electron chi connectivity index (χ0n) is 13.1. The Kier molecular flexibility index (Phi) is 4.02. The second-order valence-corrected chi connectivity index (χ2v) is 5.49. The molecule has 1 aliphatic heterocycles. The fourth-order valence-electron chi connectivity index (χ4n) is 2.73. The fourth-order valence-corrected chi connectivity index (χ4v) is 2.73. The van der Waals surface area contributed by atoms with Crippen molar-refractivity contribution in [3.8, 4) is 5.75 Å². The summed E-state index contributed by atoms with van der Waals surface area (Å²) in [4.78, 5) is 26.2. The van der Waals surface area contributed by atoms with Gasteiger partial charge in [0.05, 0.1) is 19.2 Å². The van der Waals surface area contributed by atoms with Crippen molar-refractivity contribution in [1.29, 1.82) is 0 Å². The van der Waals surface area contributed by atoms with E-state index in [2.05, 4.69) is 5.32 Å². The van der Waals surface area contributed by atoms with E-state index in [0.717, 1.165) is 11.3 Å². The van der Waals surface area contributed by atoms with Gasteiger partial charge in [0, 0.05) is 11.8 Å². The van der Waals surface area contributed by atoms with Gasteiger partial charge in [0.1, 0.15) is 11.8 Å². The molecule has 3 rings (SSSR count). The van der Waals surface area contributed by atoms with E-state index >= 15 is 0 Å². The van der Waals surface area contributed by atoms with Gasteiger partial charge in [-0.25, -0.2) is 4.90 Å². The average molecular weight is 310 g/mol. The lowest BCUT2D eigenvalue weighted by molar-refractivity contribution is -0.121. The van der Waals surface area contributed by atoms with Crippen molar-refractivity contribution in [2.45, 2.75) is 19.4 Å². The highest BCUT2D eigenvalue weighted by atomic mass is 16.5. The molecule has 0 spiro atoms. The number of ether oxygens (including phenoxy) is 1. The fraction of sp³-hybridized carbons (Fsp3) is 0.222. The number of para-hydroxylation sites is 1. The molecule has 1 N–H and O–H groups in total. The number of imide groups is 1. The molecule has 1 atom stereocenters. The Labute approximate surface area is 134 Å². The van der Waals surface area contributed by atoms with Crippen LogP contribution in [-0.2, 0) is 9.59 Å². The van der Waals surface area contributed by atoms with Crippen LogP contribution in [0.25, 0.3) is 0 Å². The molecule has 1 aliphatic rings. The van der Waals surface area contributed by atoms with Crippen LogP contribution in [0, 0.1) is 6.92 Å². The number of nitrogens with zero attached hydrogens (tertiary/aromatic N) is 1. The SMILES string of the molecule is COc1cccc(N[C@@H]2CC(=O)N(c3ccccc3C)C2=O)c1. The third-order valence-electron chi connectivity index (χ3n) is 3.91. The highest BCUT2D eigenvalue weighted by molar-refractivity contribution is 6.23. The Hall–Kier alpha value is -2.82. The van der Waals surface area contributed by atoms with Gasteiger partial charge in [-0.3, -0.25) is 9.59 Å². The standard InChI is InChI=1S/C18H18N2O3/c1-12-6-3-4-9-16(12)20-17(21)11-15(18(20)22)19-13-7-5-8-14(10-13)23-2/h3-10,15,19H,11H2,1-2H3/t15-/m1/s1. The maximum Gasteiger partial charge on any atom is 0.256 e. The second-order valence-electron chi connectivity index (χ2n) is 5.49. The number of methoxy groups -OCH3 is 1. The summed E-state index contributed by atoms with van der Waals surface area (Å²) >= 11 is 0. The summed E-state index contributed by atoms with van der Waals surface area (Å²) in [7, 11) is 1.59. The number of benzene rings is 2. The number of hydrogen-bond acceptors (Lipinski definition) is 4. The van der Waals surface area contributed by atoms with Crippen LogP contribution >= 0.6 is 0 Å². The quantitative estimate of drug-likeness (QED) is 0.882. The molecule has 0 unspecified atom stereocenters. The number of carbonyl (C=O) groups is 2. The van der Waals surface area contributed by atoms with Crippen LogP contribution < -0.4 is 15.0 Å². The highest BCUT2D eigenvalue weighted by Crippen LogP contribution is 2.28. The molecule has 0 saturated carbocycles. The van der Waals surface area contributed by atoms with Crippen LogP contribution in [0.1, 0.15) is 12.0 Å². The molecule has 0 aromatic heterocycles. The van der Waals surface area contributed by atoms with Crippen molar-refractivity contribution in [1.82, 2.24) is 0 Å². The monoisotopic (exact) mass is 310 g/mol. The number of hydrogen-bond donors (Lipinski definition) is 1. The molecule has 23 heavy (non-hydrogen) atoms. The number of nitrogens with one attached hydrogen (secondary N) is 1. The first-order valence-corrected chi connectivity index (χ1v) is 7.43. The number of anilines is 2. The Morgan fingerprint density at radius 2 is 1.91 bits per heavy atom. The second kappa shape index (κ2) is 6.12. The third-order valence-corrected chi connectivity index (χ3v) is 3.91. The molecule has 1 fully saturated rings. The molecular weight excluding hydrogens is 292 g/mol. The summed E-state index contributed by atoms with van der Waals surface area (Å²) in [6, 6.07) is 14.1. The van der Waals surface area contributed by atoms with Gasteiger partial charge in [-0.2, -0.15) is 0 Å². The summed E-state index contributed by atoms with van der Waals surface area (Å²) in [6.45, 7) is 1.89. The van der Waals surface area contributed by atoms with E-state index < -0.39 is 6.04 Å². The number of carbonyl (C=O) groups excluding carboxylic acids is 2. The normalized spacial score (nSPS) is 17.5. The molecule has 5 heteroatoms. The molecule has 1 saturated heterocycles. The van der Waals surface area contributed by atoms with E-state index in [9.17, 15) is 9.59 Å². The molecule has 5 nitrogen and oxygen atoms in total. The molecule has 2 aromatic rings. The number of amides is 2. The summed E-state index contributed by atoms with van der Waals surface area (Å²) in [6.07, 6.45) is 0.143. The highest BCUT2D eigenvalue weighted by Gasteiger charge is 2.40. The Bertz CT molecular complexity index is 757. The number of aryl methyl sites for hydroxylation is 1. The van der Waals surface area contributed by atoms with Crippen LogP contribution in [-0.4, -0.2) is 25.0 Å². The zero-order valence-corrected chi connectivity index (χ0v) is 13.1. The molecule has 2 aromatic carbocycles. The van der Waals surface area contributed by atoms with Crippen molar-refractivity contribution < 1.29 is 14.3 Å². The van der Waals surface area contributed by atoms with E-state index in [1.165, 1.54) is 4.90 Å². The van der Waals surface area contributed by atoms with Crippen molar-refractivity contribution >= 4 is 23.2 Å². The average Bonchev–Trinajstić information content (AvgIpc) is 2.82. The largest absolute Gasteiger partial charge is 0.497 e. The van der Waals surface area contributed by atoms with E-state index in [1.54, 1.807) is 19.2 Å². The summed E-state index contributed by atoms with van der Waals surface area (Å²) in [5.41, 5.74) is 2.30. The van der Waals surface area contributed by atoms with Crippen LogP contribution in [0.15, 0.2) is 48.5 Å². The maximum absolute atomic E-state index is 12.6. The van der Waals surface area contributed by atoms with Gasteiger partial charge in [-0.1, -0.05) is 24.3 Å². The first kappa shape index (κ1) is 15.1. The first-order chi connectivity index (χ1) is 11.1. The van der Waals surface area contributed by atoms with E-state index in [-0.39, 0.29) is 18.2 Å². The summed E-state index contributed by atoms with van der Waals surface area (Å²) in [5, 5.41) is 3.12. The topological polar surface area (TPSA) is 58.6 Å². The maximum atomic E-state index is 12.6. The minimum Gasteiger partial charge on any atom is -0.497 e. The predicted octanol–water partition coefficient (Wildman–Crippen LogP) is 2.75. The first-order valence-electron chi connectivity index (χ1n) is 7.43. The lowest BCUT2D eigenvalue weighted by Crippen LogP contribution is -2.35. The van der Waals surface area contributed by atoms with Crippen LogP contribution in [0.4, 0.5) is 11.4 Å². The molecule has 2 amide bonds. The molecule has 118 valence electrons. The van der Waals surface area contributed by atoms with Crippen molar-refractivity contribution in [2.75, 3.05) is 17.3 Å². The van der Waals surface area contributed by atoms with Gasteiger partial charge < -0.3 is 10.1 Å². The molecule has 1 heterocycles. The van der Waals surface area contributed by atoms with Gasteiger partial charge in [0.15, 0.2) is 0 Å². The van der Waals surface area contributed by atoms with Gasteiger partial charge in [0.25, 0.3) is 5.91 Å². The molecular formula is C18H18N2O3. The minimum atomic E-state index is -0.561. The van der Waals surface area contributed by atoms with Crippen LogP contribution in [0.5, 0.6) is 5.75 Å². The molecule has 0 bridgehead atoms. The molecule has 0 aliphatic carbocycles. The minimum absolute atomic E-state index is 0.143. The van der Waals surface area contributed by atoms with Crippen LogP contribution in [0.2, 0.25) is 0 Å². The Morgan fingerprint density at radius 1 is 1.13 bits per heavy atom. The van der Waals surface area contributed by atoms with E-state index in [1.807, 2.05) is 43.3 Å². The van der Waals surface area contributed by atoms with Crippen molar-refractivity contribution in [2.24, 2.45) is 0 Å². The predicted molar refractivity (Wildman–Crippen MR) is 88.7 cm³/mol. The number of rotatable bonds is 4. The molecule has 0 radical (unpaired) electrons. The van der Waals surface area contributed by atoms with Crippen molar-refractivity contribution in [3.05, 3.63) is 54.1 Å². The van der Waals surface area contributed by atoms with Crippen molar-refractivity contribution in [3.63, 3.8) is 0 Å². The van der Waals surface area contributed by atoms with Crippen LogP contribution in [0.3, 0.4) is 0 Å². The zero-order chi connectivity index (χ0) is 16.4. The van der Waals surface area contributed by atoms with E-state index in [4.69, 9.17) is 4.74 Å². The van der Waals surface area contributed by atoms with Gasteiger partial charge >= 0.3 is 0 Å². The van der Waals surface area contributed by atoms with Gasteiger partial charge in [-0.15, -0.1) is 0 Å². The summed E-state index contributed by atoms with van der Waals surface area (Å²) in [5.74, 6) is 0.277. The lowest BCUT2D eigenvalue weighted by atomic mass is 10.2. The van der Waals surface area contributed by atoms with Gasteiger partial charge in [-0.05, 0) is 30.7 Å².